The maximum absolute atomic E-state index is 13.4. The summed E-state index contributed by atoms with van der Waals surface area (Å²) in [5, 5.41) is 11.6. The summed E-state index contributed by atoms with van der Waals surface area (Å²) in [5.41, 5.74) is 2.68. The molecule has 10 heteroatoms. The lowest BCUT2D eigenvalue weighted by Gasteiger charge is -2.14. The topological polar surface area (TPSA) is 69.0 Å². The second kappa shape index (κ2) is 10.4. The quantitative estimate of drug-likeness (QED) is 0.294. The Kier molecular flexibility index (Phi) is 7.35. The van der Waals surface area contributed by atoms with Crippen molar-refractivity contribution in [3.63, 3.8) is 0 Å². The van der Waals surface area contributed by atoms with Gasteiger partial charge in [0.2, 0.25) is 5.91 Å². The standard InChI is InChI=1S/C26H23F3N4O2S/c1-16-6-4-7-17(2)23(16)30-22(34)15-36-25-32-31-24(18-10-12-21(35-3)13-11-18)33(25)20-9-5-8-19(14-20)26(27,28)29/h4-14H,15H2,1-3H3,(H,30,34). The highest BCUT2D eigenvalue weighted by molar-refractivity contribution is 7.99. The van der Waals surface area contributed by atoms with Crippen molar-refractivity contribution in [3.05, 3.63) is 83.4 Å². The summed E-state index contributed by atoms with van der Waals surface area (Å²) in [5.74, 6) is 0.700. The van der Waals surface area contributed by atoms with Crippen LogP contribution in [0.5, 0.6) is 5.75 Å². The maximum atomic E-state index is 13.4. The fourth-order valence-corrected chi connectivity index (χ4v) is 4.41. The number of aryl methyl sites for hydroxylation is 2. The monoisotopic (exact) mass is 512 g/mol. The lowest BCUT2D eigenvalue weighted by molar-refractivity contribution is -0.137. The first kappa shape index (κ1) is 25.3. The van der Waals surface area contributed by atoms with E-state index in [1.807, 2.05) is 32.0 Å². The van der Waals surface area contributed by atoms with Gasteiger partial charge < -0.3 is 10.1 Å². The van der Waals surface area contributed by atoms with Gasteiger partial charge in [-0.2, -0.15) is 13.2 Å². The largest absolute Gasteiger partial charge is 0.497 e. The number of para-hydroxylation sites is 1. The number of alkyl halides is 3. The third-order valence-electron chi connectivity index (χ3n) is 5.49. The van der Waals surface area contributed by atoms with Gasteiger partial charge in [0.05, 0.1) is 24.1 Å². The molecule has 0 aliphatic rings. The van der Waals surface area contributed by atoms with Crippen LogP contribution in [0.25, 0.3) is 17.1 Å². The van der Waals surface area contributed by atoms with Crippen molar-refractivity contribution in [2.24, 2.45) is 0 Å². The molecule has 0 atom stereocenters. The highest BCUT2D eigenvalue weighted by Crippen LogP contribution is 2.34. The first-order valence-electron chi connectivity index (χ1n) is 10.9. The molecular weight excluding hydrogens is 489 g/mol. The number of nitrogens with one attached hydrogen (secondary N) is 1. The zero-order valence-corrected chi connectivity index (χ0v) is 20.6. The van der Waals surface area contributed by atoms with Gasteiger partial charge in [-0.1, -0.05) is 36.0 Å². The van der Waals surface area contributed by atoms with Gasteiger partial charge in [0.1, 0.15) is 5.75 Å². The molecule has 1 heterocycles. The predicted octanol–water partition coefficient (Wildman–Crippen LogP) is 6.31. The molecule has 1 amide bonds. The number of methoxy groups -OCH3 is 1. The molecule has 36 heavy (non-hydrogen) atoms. The summed E-state index contributed by atoms with van der Waals surface area (Å²) in [4.78, 5) is 12.7. The number of halogens is 3. The molecule has 0 aliphatic heterocycles. The first-order valence-corrected chi connectivity index (χ1v) is 11.9. The molecular formula is C26H23F3N4O2S. The lowest BCUT2D eigenvalue weighted by atomic mass is 10.1. The van der Waals surface area contributed by atoms with Gasteiger partial charge in [0.25, 0.3) is 0 Å². The second-order valence-electron chi connectivity index (χ2n) is 8.02. The van der Waals surface area contributed by atoms with Crippen molar-refractivity contribution in [1.82, 2.24) is 14.8 Å². The molecule has 0 bridgehead atoms. The van der Waals surface area contributed by atoms with Crippen LogP contribution in [-0.2, 0) is 11.0 Å². The van der Waals surface area contributed by atoms with E-state index in [9.17, 15) is 18.0 Å². The van der Waals surface area contributed by atoms with E-state index in [-0.39, 0.29) is 22.5 Å². The van der Waals surface area contributed by atoms with Gasteiger partial charge in [-0.25, -0.2) is 0 Å². The minimum absolute atomic E-state index is 0.00647. The van der Waals surface area contributed by atoms with Gasteiger partial charge in [-0.3, -0.25) is 9.36 Å². The summed E-state index contributed by atoms with van der Waals surface area (Å²) in [7, 11) is 1.54. The summed E-state index contributed by atoms with van der Waals surface area (Å²) in [6.45, 7) is 3.81. The Hall–Kier alpha value is -3.79. The number of carbonyl (C=O) groups is 1. The normalized spacial score (nSPS) is 11.4. The van der Waals surface area contributed by atoms with E-state index in [0.29, 0.717) is 17.1 Å². The molecule has 0 saturated carbocycles. The fourth-order valence-electron chi connectivity index (χ4n) is 3.66. The van der Waals surface area contributed by atoms with Gasteiger partial charge >= 0.3 is 6.18 Å². The molecule has 0 spiro atoms. The Morgan fingerprint density at radius 1 is 1.00 bits per heavy atom. The highest BCUT2D eigenvalue weighted by atomic mass is 32.2. The van der Waals surface area contributed by atoms with E-state index in [4.69, 9.17) is 4.74 Å². The molecule has 0 saturated heterocycles. The molecule has 0 fully saturated rings. The molecule has 0 aliphatic carbocycles. The number of rotatable bonds is 7. The van der Waals surface area contributed by atoms with Crippen LogP contribution < -0.4 is 10.1 Å². The molecule has 4 rings (SSSR count). The van der Waals surface area contributed by atoms with Crippen molar-refractivity contribution in [2.45, 2.75) is 25.2 Å². The lowest BCUT2D eigenvalue weighted by Crippen LogP contribution is -2.16. The Labute approximate surface area is 210 Å². The van der Waals surface area contributed by atoms with E-state index >= 15 is 0 Å². The van der Waals surface area contributed by atoms with Crippen molar-refractivity contribution >= 4 is 23.4 Å². The van der Waals surface area contributed by atoms with E-state index in [1.165, 1.54) is 10.6 Å². The average molecular weight is 513 g/mol. The molecule has 4 aromatic rings. The third kappa shape index (κ3) is 5.54. The van der Waals surface area contributed by atoms with Crippen LogP contribution in [0.1, 0.15) is 16.7 Å². The van der Waals surface area contributed by atoms with Crippen LogP contribution in [0.2, 0.25) is 0 Å². The van der Waals surface area contributed by atoms with E-state index in [0.717, 1.165) is 40.7 Å². The van der Waals surface area contributed by atoms with Gasteiger partial charge in [-0.15, -0.1) is 10.2 Å². The number of aromatic nitrogens is 3. The summed E-state index contributed by atoms with van der Waals surface area (Å²) >= 11 is 1.09. The number of benzene rings is 3. The number of amides is 1. The van der Waals surface area contributed by atoms with E-state index < -0.39 is 11.7 Å². The molecule has 0 radical (unpaired) electrons. The van der Waals surface area contributed by atoms with Crippen LogP contribution in [0.15, 0.2) is 71.9 Å². The minimum Gasteiger partial charge on any atom is -0.497 e. The summed E-state index contributed by atoms with van der Waals surface area (Å²) in [6.07, 6.45) is -4.51. The van der Waals surface area contributed by atoms with Crippen LogP contribution in [-0.4, -0.2) is 33.5 Å². The SMILES string of the molecule is COc1ccc(-c2nnc(SCC(=O)Nc3c(C)cccc3C)n2-c2cccc(C(F)(F)F)c2)cc1. The second-order valence-corrected chi connectivity index (χ2v) is 8.96. The Bertz CT molecular complexity index is 1360. The Morgan fingerprint density at radius 3 is 2.31 bits per heavy atom. The number of anilines is 1. The number of hydrogen-bond acceptors (Lipinski definition) is 5. The smallest absolute Gasteiger partial charge is 0.416 e. The maximum Gasteiger partial charge on any atom is 0.416 e. The number of thioether (sulfide) groups is 1. The molecule has 6 nitrogen and oxygen atoms in total. The Balaban J connectivity index is 1.67. The van der Waals surface area contributed by atoms with E-state index in [1.54, 1.807) is 37.4 Å². The molecule has 0 unspecified atom stereocenters. The minimum atomic E-state index is -4.51. The number of hydrogen-bond donors (Lipinski definition) is 1. The fraction of sp³-hybridized carbons (Fsp3) is 0.192. The first-order chi connectivity index (χ1) is 17.2. The van der Waals surface area contributed by atoms with Crippen LogP contribution in [0, 0.1) is 13.8 Å². The third-order valence-corrected chi connectivity index (χ3v) is 6.42. The number of ether oxygens (including phenoxy) is 1. The van der Waals surface area contributed by atoms with Crippen LogP contribution >= 0.6 is 11.8 Å². The summed E-state index contributed by atoms with van der Waals surface area (Å²) in [6, 6.07) is 17.6. The Morgan fingerprint density at radius 2 is 1.67 bits per heavy atom. The van der Waals surface area contributed by atoms with Crippen LogP contribution in [0.3, 0.4) is 0 Å². The molecule has 3 aromatic carbocycles. The van der Waals surface area contributed by atoms with E-state index in [2.05, 4.69) is 15.5 Å². The van der Waals surface area contributed by atoms with Crippen molar-refractivity contribution in [1.29, 1.82) is 0 Å². The predicted molar refractivity (Wildman–Crippen MR) is 134 cm³/mol. The highest BCUT2D eigenvalue weighted by Gasteiger charge is 2.31. The zero-order chi connectivity index (χ0) is 25.9. The van der Waals surface area contributed by atoms with Crippen molar-refractivity contribution < 1.29 is 22.7 Å². The molecule has 186 valence electrons. The van der Waals surface area contributed by atoms with Gasteiger partial charge in [0, 0.05) is 11.3 Å². The van der Waals surface area contributed by atoms with Crippen LogP contribution in [0.4, 0.5) is 18.9 Å². The van der Waals surface area contributed by atoms with Crippen molar-refractivity contribution in [3.8, 4) is 22.8 Å². The molecule has 1 N–H and O–H groups in total. The number of nitrogens with zero attached hydrogens (tertiary/aromatic N) is 3. The van der Waals surface area contributed by atoms with Gasteiger partial charge in [0.15, 0.2) is 11.0 Å². The van der Waals surface area contributed by atoms with Crippen molar-refractivity contribution in [2.75, 3.05) is 18.2 Å². The number of carbonyl (C=O) groups excluding carboxylic acids is 1. The average Bonchev–Trinajstić information content (AvgIpc) is 3.29. The summed E-state index contributed by atoms with van der Waals surface area (Å²) < 4.78 is 47.0. The zero-order valence-electron chi connectivity index (χ0n) is 19.8. The molecule has 1 aromatic heterocycles. The van der Waals surface area contributed by atoms with Gasteiger partial charge in [-0.05, 0) is 67.4 Å².